The second-order valence-electron chi connectivity index (χ2n) is 5.95. The number of carbonyl (C=O) groups is 3. The molecule has 0 aromatic heterocycles. The van der Waals surface area contributed by atoms with Gasteiger partial charge in [-0.25, -0.2) is 5.48 Å². The quantitative estimate of drug-likeness (QED) is 0.602. The molecule has 0 saturated carbocycles. The Morgan fingerprint density at radius 2 is 1.58 bits per heavy atom. The number of hydrogen-bond acceptors (Lipinski definition) is 5. The fourth-order valence-corrected chi connectivity index (χ4v) is 2.84. The normalized spacial score (nSPS) is 15.5. The van der Waals surface area contributed by atoms with Gasteiger partial charge in [0.2, 0.25) is 0 Å². The number of fused-ring (bicyclic) bond motifs is 1. The minimum atomic E-state index is -1.39. The van der Waals surface area contributed by atoms with Gasteiger partial charge in [0.15, 0.2) is 0 Å². The molecule has 7 nitrogen and oxygen atoms in total. The largest absolute Gasteiger partial charge is 0.391 e. The number of aliphatic hydroxyl groups is 1. The summed E-state index contributed by atoms with van der Waals surface area (Å²) < 4.78 is 0. The van der Waals surface area contributed by atoms with Crippen LogP contribution in [-0.4, -0.2) is 39.9 Å². The molecule has 7 heteroatoms. The molecule has 0 radical (unpaired) electrons. The fraction of sp³-hybridized carbons (Fsp3) is 0.211. The standard InChI is InChI=1S/C19H18N2O5/c1-12(22)16(17(23)20-26-11-13-7-3-2-4-8-13)21-18(24)14-9-5-6-10-15(14)19(21)25/h2-10,12,16,22H,11H2,1H3,(H,20,23). The molecule has 0 bridgehead atoms. The van der Waals surface area contributed by atoms with Crippen molar-refractivity contribution in [3.8, 4) is 0 Å². The average molecular weight is 354 g/mol. The summed E-state index contributed by atoms with van der Waals surface area (Å²) in [5.41, 5.74) is 3.47. The van der Waals surface area contributed by atoms with E-state index in [9.17, 15) is 19.5 Å². The number of hydroxylamine groups is 1. The predicted molar refractivity (Wildman–Crippen MR) is 91.8 cm³/mol. The van der Waals surface area contributed by atoms with E-state index in [0.717, 1.165) is 10.5 Å². The second kappa shape index (κ2) is 7.47. The number of nitrogens with one attached hydrogen (secondary N) is 1. The van der Waals surface area contributed by atoms with Gasteiger partial charge in [-0.05, 0) is 24.6 Å². The number of carbonyl (C=O) groups excluding carboxylic acids is 3. The lowest BCUT2D eigenvalue weighted by Crippen LogP contribution is -2.54. The summed E-state index contributed by atoms with van der Waals surface area (Å²) in [6, 6.07) is 14.1. The zero-order valence-corrected chi connectivity index (χ0v) is 14.1. The van der Waals surface area contributed by atoms with Gasteiger partial charge in [0.25, 0.3) is 17.7 Å². The zero-order chi connectivity index (χ0) is 18.7. The van der Waals surface area contributed by atoms with Crippen LogP contribution in [0.2, 0.25) is 0 Å². The molecule has 0 spiro atoms. The molecule has 0 aliphatic carbocycles. The Bertz CT molecular complexity index is 800. The van der Waals surface area contributed by atoms with Gasteiger partial charge in [-0.15, -0.1) is 0 Å². The molecule has 134 valence electrons. The van der Waals surface area contributed by atoms with Crippen molar-refractivity contribution in [3.63, 3.8) is 0 Å². The second-order valence-corrected chi connectivity index (χ2v) is 5.95. The van der Waals surface area contributed by atoms with Gasteiger partial charge < -0.3 is 5.11 Å². The Morgan fingerprint density at radius 1 is 1.04 bits per heavy atom. The van der Waals surface area contributed by atoms with E-state index in [-0.39, 0.29) is 17.7 Å². The number of hydrogen-bond donors (Lipinski definition) is 2. The monoisotopic (exact) mass is 354 g/mol. The summed E-state index contributed by atoms with van der Waals surface area (Å²) in [6.07, 6.45) is -1.27. The average Bonchev–Trinajstić information content (AvgIpc) is 2.88. The lowest BCUT2D eigenvalue weighted by Gasteiger charge is -2.27. The number of amides is 3. The Morgan fingerprint density at radius 3 is 2.12 bits per heavy atom. The van der Waals surface area contributed by atoms with Crippen molar-refractivity contribution < 1.29 is 24.3 Å². The number of benzene rings is 2. The van der Waals surface area contributed by atoms with E-state index in [2.05, 4.69) is 5.48 Å². The summed E-state index contributed by atoms with van der Waals surface area (Å²) in [5.74, 6) is -2.00. The fourth-order valence-electron chi connectivity index (χ4n) is 2.84. The van der Waals surface area contributed by atoms with Crippen LogP contribution in [0.5, 0.6) is 0 Å². The highest BCUT2D eigenvalue weighted by atomic mass is 16.7. The molecule has 1 aliphatic rings. The first-order valence-corrected chi connectivity index (χ1v) is 8.11. The summed E-state index contributed by atoms with van der Waals surface area (Å²) in [7, 11) is 0. The molecular weight excluding hydrogens is 336 g/mol. The maximum Gasteiger partial charge on any atom is 0.269 e. The van der Waals surface area contributed by atoms with Crippen LogP contribution >= 0.6 is 0 Å². The Labute approximate surface area is 150 Å². The third kappa shape index (κ3) is 3.35. The summed E-state index contributed by atoms with van der Waals surface area (Å²) in [5, 5.41) is 10.0. The molecule has 2 aromatic rings. The third-order valence-corrected chi connectivity index (χ3v) is 4.08. The van der Waals surface area contributed by atoms with Crippen molar-refractivity contribution in [2.24, 2.45) is 0 Å². The minimum absolute atomic E-state index is 0.112. The lowest BCUT2D eigenvalue weighted by atomic mass is 10.1. The topological polar surface area (TPSA) is 95.9 Å². The highest BCUT2D eigenvalue weighted by Gasteiger charge is 2.44. The first kappa shape index (κ1) is 17.8. The van der Waals surface area contributed by atoms with Crippen molar-refractivity contribution in [3.05, 3.63) is 71.3 Å². The smallest absolute Gasteiger partial charge is 0.269 e. The summed E-state index contributed by atoms with van der Waals surface area (Å²) >= 11 is 0. The molecule has 0 fully saturated rings. The van der Waals surface area contributed by atoms with Crippen LogP contribution in [0.25, 0.3) is 0 Å². The van der Waals surface area contributed by atoms with Crippen LogP contribution in [0.3, 0.4) is 0 Å². The molecular formula is C19H18N2O5. The van der Waals surface area contributed by atoms with Crippen molar-refractivity contribution in [1.82, 2.24) is 10.4 Å². The van der Waals surface area contributed by atoms with E-state index < -0.39 is 29.9 Å². The highest BCUT2D eigenvalue weighted by molar-refractivity contribution is 6.22. The number of aliphatic hydroxyl groups excluding tert-OH is 1. The maximum absolute atomic E-state index is 12.5. The first-order valence-electron chi connectivity index (χ1n) is 8.11. The third-order valence-electron chi connectivity index (χ3n) is 4.08. The maximum atomic E-state index is 12.5. The SMILES string of the molecule is CC(O)C(C(=O)NOCc1ccccc1)N1C(=O)c2ccccc2C1=O. The van der Waals surface area contributed by atoms with E-state index in [1.165, 1.54) is 19.1 Å². The molecule has 26 heavy (non-hydrogen) atoms. The molecule has 0 saturated heterocycles. The van der Waals surface area contributed by atoms with Crippen LogP contribution in [-0.2, 0) is 16.2 Å². The molecule has 2 aromatic carbocycles. The van der Waals surface area contributed by atoms with Crippen molar-refractivity contribution in [2.75, 3.05) is 0 Å². The summed E-state index contributed by atoms with van der Waals surface area (Å²) in [4.78, 5) is 43.4. The number of nitrogens with zero attached hydrogens (tertiary/aromatic N) is 1. The number of rotatable bonds is 6. The Balaban J connectivity index is 1.72. The van der Waals surface area contributed by atoms with Gasteiger partial charge in [0.1, 0.15) is 6.04 Å². The predicted octanol–water partition coefficient (Wildman–Crippen LogP) is 1.28. The van der Waals surface area contributed by atoms with E-state index in [4.69, 9.17) is 4.84 Å². The van der Waals surface area contributed by atoms with Crippen LogP contribution in [0.4, 0.5) is 0 Å². The van der Waals surface area contributed by atoms with Crippen molar-refractivity contribution >= 4 is 17.7 Å². The van der Waals surface area contributed by atoms with Gasteiger partial charge in [-0.2, -0.15) is 0 Å². The van der Waals surface area contributed by atoms with Gasteiger partial charge in [-0.3, -0.25) is 24.1 Å². The summed E-state index contributed by atoms with van der Waals surface area (Å²) in [6.45, 7) is 1.45. The molecule has 2 N–H and O–H groups in total. The molecule has 3 amide bonds. The minimum Gasteiger partial charge on any atom is -0.391 e. The van der Waals surface area contributed by atoms with Gasteiger partial charge in [0, 0.05) is 0 Å². The van der Waals surface area contributed by atoms with Gasteiger partial charge >= 0.3 is 0 Å². The zero-order valence-electron chi connectivity index (χ0n) is 14.1. The van der Waals surface area contributed by atoms with Crippen LogP contribution in [0, 0.1) is 0 Å². The molecule has 3 rings (SSSR count). The first-order chi connectivity index (χ1) is 12.5. The van der Waals surface area contributed by atoms with Crippen molar-refractivity contribution in [2.45, 2.75) is 25.7 Å². The highest BCUT2D eigenvalue weighted by Crippen LogP contribution is 2.25. The van der Waals surface area contributed by atoms with Crippen LogP contribution in [0.15, 0.2) is 54.6 Å². The van der Waals surface area contributed by atoms with E-state index in [0.29, 0.717) is 0 Å². The molecule has 2 atom stereocenters. The van der Waals surface area contributed by atoms with E-state index >= 15 is 0 Å². The van der Waals surface area contributed by atoms with E-state index in [1.54, 1.807) is 12.1 Å². The Hall–Kier alpha value is -3.03. The van der Waals surface area contributed by atoms with Gasteiger partial charge in [0.05, 0.1) is 23.8 Å². The van der Waals surface area contributed by atoms with Crippen LogP contribution in [0.1, 0.15) is 33.2 Å². The molecule has 1 aliphatic heterocycles. The molecule has 1 heterocycles. The lowest BCUT2D eigenvalue weighted by molar-refractivity contribution is -0.141. The van der Waals surface area contributed by atoms with E-state index in [1.807, 2.05) is 30.3 Å². The van der Waals surface area contributed by atoms with Gasteiger partial charge in [-0.1, -0.05) is 42.5 Å². The van der Waals surface area contributed by atoms with Crippen LogP contribution < -0.4 is 5.48 Å². The molecule has 2 unspecified atom stereocenters. The Kier molecular flexibility index (Phi) is 5.11. The van der Waals surface area contributed by atoms with Crippen molar-refractivity contribution in [1.29, 1.82) is 0 Å². The number of imide groups is 1.